The van der Waals surface area contributed by atoms with E-state index in [9.17, 15) is 0 Å². The van der Waals surface area contributed by atoms with Gasteiger partial charge in [0.2, 0.25) is 0 Å². The van der Waals surface area contributed by atoms with Crippen molar-refractivity contribution in [2.75, 3.05) is 41.5 Å². The van der Waals surface area contributed by atoms with Crippen LogP contribution in [0.3, 0.4) is 0 Å². The molecular weight excluding hydrogens is 1010 g/mol. The van der Waals surface area contributed by atoms with Gasteiger partial charge in [0.05, 0.1) is 10.7 Å². The molecular formula is C36H49Cl11P3Ti2. The molecule has 0 spiro atoms. The number of alkyl halides is 4. The average molecular weight is 1060 g/mol. The van der Waals surface area contributed by atoms with Crippen LogP contribution in [0.4, 0.5) is 0 Å². The number of benzene rings is 4. The number of hydrogen-bond donors (Lipinski definition) is 0. The van der Waals surface area contributed by atoms with Crippen LogP contribution in [0.15, 0.2) is 121 Å². The Balaban J connectivity index is -0.0000000702. The van der Waals surface area contributed by atoms with E-state index in [4.69, 9.17) is 46.4 Å². The second-order valence-corrected chi connectivity index (χ2v) is 18.7. The zero-order valence-electron chi connectivity index (χ0n) is 30.0. The summed E-state index contributed by atoms with van der Waals surface area (Å²) >= 11 is 19.1. The van der Waals surface area contributed by atoms with Crippen molar-refractivity contribution in [3.8, 4) is 0 Å². The van der Waals surface area contributed by atoms with Crippen LogP contribution >= 0.6 is 70.2 Å². The summed E-state index contributed by atoms with van der Waals surface area (Å²) in [5.41, 5.74) is 0. The van der Waals surface area contributed by atoms with Crippen molar-refractivity contribution in [3.63, 3.8) is 0 Å². The first-order valence-corrected chi connectivity index (χ1v) is 21.8. The van der Waals surface area contributed by atoms with Gasteiger partial charge in [-0.2, -0.15) is 12.3 Å². The predicted molar refractivity (Wildman–Crippen MR) is 211 cm³/mol. The summed E-state index contributed by atoms with van der Waals surface area (Å²) in [4.78, 5) is 0. The molecule has 0 aliphatic heterocycles. The Bertz CT molecular complexity index is 972. The van der Waals surface area contributed by atoms with Crippen LogP contribution < -0.4 is 108 Å². The summed E-state index contributed by atoms with van der Waals surface area (Å²) in [6, 6.07) is 43.8. The Morgan fingerprint density at radius 2 is 0.596 bits per heavy atom. The van der Waals surface area contributed by atoms with Crippen molar-refractivity contribution in [2.45, 2.75) is 34.6 Å². The van der Waals surface area contributed by atoms with Gasteiger partial charge in [-0.1, -0.05) is 107 Å². The van der Waals surface area contributed by atoms with E-state index >= 15 is 0 Å². The SMILES string of the molecule is CCP(CC)CC.CC[P-]CC.ClCCl.ClCCl.[Cl-].[Cl-].[Cl-].[Cl-].[Cl-].[Cl-].[Cl-].[Ti+3].[Ti+4].c1ccc([P+](c2ccccc2)(c2ccccc2)c2ccccc2)cc1. The molecule has 4 rings (SSSR count). The molecule has 0 saturated carbocycles. The van der Waals surface area contributed by atoms with Gasteiger partial charge in [-0.3, -0.25) is 0 Å². The normalized spacial score (nSPS) is 8.27. The first-order chi connectivity index (χ1) is 21.0. The molecule has 0 fully saturated rings. The molecule has 1 radical (unpaired) electrons. The molecule has 0 heterocycles. The standard InChI is InChI=1S/C24H20P.C6H15P.C4H10P.2CH2Cl2.7ClH.2Ti/c1-5-13-21(14-6-1)25(22-15-7-2-8-16-22,23-17-9-3-10-18-23)24-19-11-4-12-20-24;1-4-7(5-2)6-3;1-3-5-4-2;2*2-1-3;;;;;;;;;/h1-20H;4-6H2,1-3H3;3-4H2,1-2H3;2*1H2;7*1H;;/q+1;;-1;;;;;;;;;;+3;+4/p-7. The van der Waals surface area contributed by atoms with E-state index in [-0.39, 0.29) is 141 Å². The summed E-state index contributed by atoms with van der Waals surface area (Å²) < 4.78 is 0. The van der Waals surface area contributed by atoms with Gasteiger partial charge in [-0.15, -0.1) is 54.3 Å². The molecule has 4 aromatic carbocycles. The Morgan fingerprint density at radius 1 is 0.423 bits per heavy atom. The van der Waals surface area contributed by atoms with Gasteiger partial charge < -0.3 is 95.4 Å². The van der Waals surface area contributed by atoms with Crippen LogP contribution in [0.2, 0.25) is 0 Å². The van der Waals surface area contributed by atoms with Crippen molar-refractivity contribution in [1.82, 2.24) is 0 Å². The van der Waals surface area contributed by atoms with Crippen molar-refractivity contribution in [2.24, 2.45) is 0 Å². The number of rotatable bonds is 9. The van der Waals surface area contributed by atoms with E-state index in [1.54, 1.807) is 8.58 Å². The van der Waals surface area contributed by atoms with Crippen LogP contribution in [0.5, 0.6) is 0 Å². The molecule has 52 heavy (non-hydrogen) atoms. The maximum Gasteiger partial charge on any atom is 4.00 e. The molecule has 0 aliphatic rings. The number of hydrogen-bond acceptors (Lipinski definition) is 0. The van der Waals surface area contributed by atoms with Gasteiger partial charge in [-0.25, -0.2) is 0 Å². The van der Waals surface area contributed by atoms with Crippen molar-refractivity contribution < 1.29 is 130 Å². The van der Waals surface area contributed by atoms with Crippen LogP contribution in [-0.4, -0.2) is 41.5 Å². The van der Waals surface area contributed by atoms with Crippen molar-refractivity contribution >= 4 is 91.4 Å². The molecule has 4 aromatic rings. The monoisotopic (exact) mass is 1050 g/mol. The summed E-state index contributed by atoms with van der Waals surface area (Å²) in [6.07, 6.45) is 6.89. The summed E-state index contributed by atoms with van der Waals surface area (Å²) in [7, 11) is 0.121. The fourth-order valence-electron chi connectivity index (χ4n) is 4.40. The molecule has 16 heteroatoms. The fourth-order valence-corrected chi connectivity index (χ4v) is 10.5. The molecule has 293 valence electrons. The Hall–Kier alpha value is 2.79. The van der Waals surface area contributed by atoms with E-state index in [0.29, 0.717) is 7.92 Å². The smallest absolute Gasteiger partial charge is 1.00 e. The molecule has 0 aromatic heterocycles. The molecule has 0 unspecified atom stereocenters. The van der Waals surface area contributed by atoms with E-state index in [0.717, 1.165) is 0 Å². The third-order valence-electron chi connectivity index (χ3n) is 6.36. The molecule has 0 aliphatic carbocycles. The minimum Gasteiger partial charge on any atom is -1.00 e. The average Bonchev–Trinajstić information content (AvgIpc) is 3.06. The Labute approximate surface area is 414 Å². The molecule has 0 atom stereocenters. The molecule has 0 bridgehead atoms. The van der Waals surface area contributed by atoms with Crippen LogP contribution in [0.1, 0.15) is 34.6 Å². The summed E-state index contributed by atoms with van der Waals surface area (Å²) in [6.45, 7) is 11.3. The Kier molecular flexibility index (Phi) is 84.9. The molecule has 0 amide bonds. The molecule has 0 nitrogen and oxygen atoms in total. The molecule has 0 N–H and O–H groups in total. The van der Waals surface area contributed by atoms with Gasteiger partial charge in [-0.05, 0) is 67.0 Å². The predicted octanol–water partition coefficient (Wildman–Crippen LogP) is -9.33. The van der Waals surface area contributed by atoms with E-state index in [1.807, 2.05) is 0 Å². The maximum atomic E-state index is 4.76. The van der Waals surface area contributed by atoms with Crippen LogP contribution in [-0.2, 0) is 43.4 Å². The topological polar surface area (TPSA) is 0 Å². The zero-order valence-corrected chi connectivity index (χ0v) is 44.1. The minimum absolute atomic E-state index is 0. The van der Waals surface area contributed by atoms with Crippen LogP contribution in [0, 0.1) is 0 Å². The van der Waals surface area contributed by atoms with Crippen molar-refractivity contribution in [1.29, 1.82) is 0 Å². The third kappa shape index (κ3) is 31.7. The van der Waals surface area contributed by atoms with Gasteiger partial charge in [0.1, 0.15) is 28.5 Å². The largest absolute Gasteiger partial charge is 4.00 e. The van der Waals surface area contributed by atoms with E-state index in [1.165, 1.54) is 52.0 Å². The first kappa shape index (κ1) is 79.0. The summed E-state index contributed by atoms with van der Waals surface area (Å²) in [5.74, 6) is 0. The van der Waals surface area contributed by atoms with Gasteiger partial charge in [0.15, 0.2) is 0 Å². The Morgan fingerprint density at radius 3 is 0.692 bits per heavy atom. The first-order valence-electron chi connectivity index (χ1n) is 14.7. The second-order valence-electron chi connectivity index (χ2n) is 8.69. The van der Waals surface area contributed by atoms with Gasteiger partial charge in [0.25, 0.3) is 0 Å². The van der Waals surface area contributed by atoms with Crippen LogP contribution in [0.25, 0.3) is 0 Å². The zero-order chi connectivity index (χ0) is 32.2. The van der Waals surface area contributed by atoms with Gasteiger partial charge in [0, 0.05) is 0 Å². The summed E-state index contributed by atoms with van der Waals surface area (Å²) in [5, 5.41) is 5.94. The second kappa shape index (κ2) is 55.9. The van der Waals surface area contributed by atoms with E-state index < -0.39 is 7.26 Å². The minimum atomic E-state index is -1.91. The fraction of sp³-hybridized carbons (Fsp3) is 0.333. The van der Waals surface area contributed by atoms with Crippen molar-refractivity contribution in [3.05, 3.63) is 121 Å². The van der Waals surface area contributed by atoms with Gasteiger partial charge >= 0.3 is 43.4 Å². The van der Waals surface area contributed by atoms with E-state index in [2.05, 4.69) is 156 Å². The maximum absolute atomic E-state index is 4.76. The third-order valence-corrected chi connectivity index (χ3v) is 14.2. The quantitative estimate of drug-likeness (QED) is 0.0890. The molecule has 0 saturated heterocycles. The number of halogens is 11.